The van der Waals surface area contributed by atoms with E-state index >= 15 is 0 Å². The third-order valence-corrected chi connectivity index (χ3v) is 6.92. The van der Waals surface area contributed by atoms with Gasteiger partial charge >= 0.3 is 0 Å². The minimum absolute atomic E-state index is 0.0202. The quantitative estimate of drug-likeness (QED) is 0.329. The van der Waals surface area contributed by atoms with E-state index in [2.05, 4.69) is 57.4 Å². The van der Waals surface area contributed by atoms with Crippen LogP contribution in [0.5, 0.6) is 0 Å². The molecule has 3 aromatic rings. The van der Waals surface area contributed by atoms with Crippen molar-refractivity contribution >= 4 is 34.0 Å². The molecule has 0 aliphatic carbocycles. The fourth-order valence-electron chi connectivity index (χ4n) is 4.13. The van der Waals surface area contributed by atoms with Crippen molar-refractivity contribution in [2.75, 3.05) is 11.9 Å². The molecule has 0 N–H and O–H groups in total. The summed E-state index contributed by atoms with van der Waals surface area (Å²) in [5, 5.41) is 1.94. The van der Waals surface area contributed by atoms with Crippen molar-refractivity contribution in [2.45, 2.75) is 78.7 Å². The van der Waals surface area contributed by atoms with Crippen molar-refractivity contribution in [2.24, 2.45) is 5.92 Å². The van der Waals surface area contributed by atoms with Gasteiger partial charge in [0, 0.05) is 24.7 Å². The first kappa shape index (κ1) is 23.5. The van der Waals surface area contributed by atoms with Crippen LogP contribution in [0.4, 0.5) is 5.69 Å². The van der Waals surface area contributed by atoms with Crippen molar-refractivity contribution in [3.05, 3.63) is 46.4 Å². The summed E-state index contributed by atoms with van der Waals surface area (Å²) in [6.07, 6.45) is 6.32. The standard InChI is InChI=1S/C26H37N3OS/c1-7-9-10-12-19(8-2)18-29-22-15-14-20(17-21(22)27-25(29)26(3,4)5)28(6)24(30)23-13-11-16-31-23/h11,13-17,19H,7-10,12,18H2,1-6H3. The van der Waals surface area contributed by atoms with Gasteiger partial charge < -0.3 is 9.47 Å². The maximum absolute atomic E-state index is 12.8. The largest absolute Gasteiger partial charge is 0.327 e. The van der Waals surface area contributed by atoms with E-state index in [0.717, 1.165) is 28.5 Å². The lowest BCUT2D eigenvalue weighted by molar-refractivity contribution is 0.0997. The number of thiophene rings is 1. The van der Waals surface area contributed by atoms with E-state index in [-0.39, 0.29) is 11.3 Å². The molecule has 2 heterocycles. The Kier molecular flexibility index (Phi) is 7.58. The van der Waals surface area contributed by atoms with E-state index in [0.29, 0.717) is 5.92 Å². The van der Waals surface area contributed by atoms with E-state index in [1.54, 1.807) is 4.90 Å². The molecule has 4 nitrogen and oxygen atoms in total. The van der Waals surface area contributed by atoms with Gasteiger partial charge in [0.2, 0.25) is 0 Å². The lowest BCUT2D eigenvalue weighted by Gasteiger charge is -2.23. The Balaban J connectivity index is 1.95. The average Bonchev–Trinajstić information content (AvgIpc) is 3.39. The molecule has 3 rings (SSSR count). The smallest absolute Gasteiger partial charge is 0.268 e. The third kappa shape index (κ3) is 5.38. The molecule has 31 heavy (non-hydrogen) atoms. The molecule has 1 unspecified atom stereocenters. The van der Waals surface area contributed by atoms with Gasteiger partial charge in [0.05, 0.1) is 15.9 Å². The van der Waals surface area contributed by atoms with Gasteiger partial charge in [0.25, 0.3) is 5.91 Å². The van der Waals surface area contributed by atoms with Gasteiger partial charge in [-0.1, -0.05) is 66.4 Å². The van der Waals surface area contributed by atoms with Crippen molar-refractivity contribution < 1.29 is 4.79 Å². The van der Waals surface area contributed by atoms with Crippen LogP contribution in [-0.2, 0) is 12.0 Å². The molecule has 0 radical (unpaired) electrons. The van der Waals surface area contributed by atoms with Crippen LogP contribution in [0.2, 0.25) is 0 Å². The van der Waals surface area contributed by atoms with E-state index in [9.17, 15) is 4.79 Å². The molecule has 2 aromatic heterocycles. The van der Waals surface area contributed by atoms with E-state index in [1.807, 2.05) is 24.6 Å². The van der Waals surface area contributed by atoms with Gasteiger partial charge in [-0.05, 0) is 42.0 Å². The monoisotopic (exact) mass is 439 g/mol. The third-order valence-electron chi connectivity index (χ3n) is 6.06. The molecule has 0 fully saturated rings. The van der Waals surface area contributed by atoms with Crippen LogP contribution in [0.3, 0.4) is 0 Å². The molecular weight excluding hydrogens is 402 g/mol. The normalized spacial score (nSPS) is 13.0. The topological polar surface area (TPSA) is 38.1 Å². The molecule has 5 heteroatoms. The number of imidazole rings is 1. The second kappa shape index (κ2) is 9.99. The van der Waals surface area contributed by atoms with Gasteiger partial charge in [-0.2, -0.15) is 0 Å². The molecule has 1 atom stereocenters. The summed E-state index contributed by atoms with van der Waals surface area (Å²) in [6.45, 7) is 12.3. The molecule has 0 aliphatic rings. The van der Waals surface area contributed by atoms with Crippen LogP contribution in [0.25, 0.3) is 11.0 Å². The first-order valence-electron chi connectivity index (χ1n) is 11.6. The van der Waals surface area contributed by atoms with Gasteiger partial charge in [0.15, 0.2) is 0 Å². The van der Waals surface area contributed by atoms with Crippen LogP contribution in [0.15, 0.2) is 35.7 Å². The summed E-state index contributed by atoms with van der Waals surface area (Å²) < 4.78 is 2.43. The number of hydrogen-bond acceptors (Lipinski definition) is 3. The predicted octanol–water partition coefficient (Wildman–Crippen LogP) is 7.28. The molecule has 0 saturated heterocycles. The van der Waals surface area contributed by atoms with Crippen molar-refractivity contribution in [1.82, 2.24) is 9.55 Å². The zero-order chi connectivity index (χ0) is 22.6. The van der Waals surface area contributed by atoms with Crippen LogP contribution >= 0.6 is 11.3 Å². The summed E-state index contributed by atoms with van der Waals surface area (Å²) in [6, 6.07) is 10.0. The Labute approximate surface area is 191 Å². The number of fused-ring (bicyclic) bond motifs is 1. The molecule has 0 saturated carbocycles. The Morgan fingerprint density at radius 3 is 2.58 bits per heavy atom. The first-order valence-corrected chi connectivity index (χ1v) is 12.5. The van der Waals surface area contributed by atoms with E-state index < -0.39 is 0 Å². The zero-order valence-corrected chi connectivity index (χ0v) is 20.8. The molecule has 1 aromatic carbocycles. The SMILES string of the molecule is CCCCCC(CC)Cn1c(C(C)(C)C)nc2cc(N(C)C(=O)c3cccs3)ccc21. The highest BCUT2D eigenvalue weighted by Gasteiger charge is 2.25. The van der Waals surface area contributed by atoms with E-state index in [4.69, 9.17) is 4.98 Å². The summed E-state index contributed by atoms with van der Waals surface area (Å²) in [4.78, 5) is 20.3. The Hall–Kier alpha value is -2.14. The molecule has 0 bridgehead atoms. The van der Waals surface area contributed by atoms with Crippen LogP contribution in [0.1, 0.15) is 82.2 Å². The molecule has 0 spiro atoms. The number of carbonyl (C=O) groups excluding carboxylic acids is 1. The first-order chi connectivity index (χ1) is 14.8. The van der Waals surface area contributed by atoms with Gasteiger partial charge in [-0.15, -0.1) is 11.3 Å². The van der Waals surface area contributed by atoms with Crippen LogP contribution < -0.4 is 4.90 Å². The number of rotatable bonds is 9. The van der Waals surface area contributed by atoms with Gasteiger partial charge in [-0.25, -0.2) is 4.98 Å². The second-order valence-corrected chi connectivity index (χ2v) is 10.5. The van der Waals surface area contributed by atoms with Crippen LogP contribution in [-0.4, -0.2) is 22.5 Å². The summed E-state index contributed by atoms with van der Waals surface area (Å²) >= 11 is 1.47. The highest BCUT2D eigenvalue weighted by Crippen LogP contribution is 2.31. The van der Waals surface area contributed by atoms with Crippen molar-refractivity contribution in [3.63, 3.8) is 0 Å². The molecule has 1 amide bonds. The maximum atomic E-state index is 12.8. The number of benzene rings is 1. The number of hydrogen-bond donors (Lipinski definition) is 0. The Morgan fingerprint density at radius 2 is 1.97 bits per heavy atom. The Bertz CT molecular complexity index is 998. The highest BCUT2D eigenvalue weighted by molar-refractivity contribution is 7.12. The number of nitrogens with zero attached hydrogens (tertiary/aromatic N) is 3. The average molecular weight is 440 g/mol. The lowest BCUT2D eigenvalue weighted by atomic mass is 9.94. The van der Waals surface area contributed by atoms with E-state index in [1.165, 1.54) is 49.0 Å². The van der Waals surface area contributed by atoms with Crippen LogP contribution in [0, 0.1) is 5.92 Å². The fraction of sp³-hybridized carbons (Fsp3) is 0.538. The van der Waals surface area contributed by atoms with Crippen molar-refractivity contribution in [1.29, 1.82) is 0 Å². The summed E-state index contributed by atoms with van der Waals surface area (Å²) in [5.74, 6) is 1.81. The molecule has 168 valence electrons. The minimum atomic E-state index is -0.0421. The predicted molar refractivity (Wildman–Crippen MR) is 133 cm³/mol. The highest BCUT2D eigenvalue weighted by atomic mass is 32.1. The number of anilines is 1. The lowest BCUT2D eigenvalue weighted by Crippen LogP contribution is -2.25. The number of unbranched alkanes of at least 4 members (excludes halogenated alkanes) is 2. The zero-order valence-electron chi connectivity index (χ0n) is 19.9. The maximum Gasteiger partial charge on any atom is 0.268 e. The Morgan fingerprint density at radius 1 is 1.19 bits per heavy atom. The van der Waals surface area contributed by atoms with Gasteiger partial charge in [0.1, 0.15) is 5.82 Å². The molecular formula is C26H37N3OS. The second-order valence-electron chi connectivity index (χ2n) is 9.58. The number of carbonyl (C=O) groups is 1. The molecule has 0 aliphatic heterocycles. The van der Waals surface area contributed by atoms with Crippen molar-refractivity contribution in [3.8, 4) is 0 Å². The van der Waals surface area contributed by atoms with Gasteiger partial charge in [-0.3, -0.25) is 4.79 Å². The number of aromatic nitrogens is 2. The number of amides is 1. The fourth-order valence-corrected chi connectivity index (χ4v) is 4.83. The minimum Gasteiger partial charge on any atom is -0.327 e. The summed E-state index contributed by atoms with van der Waals surface area (Å²) in [5.41, 5.74) is 2.97. The summed E-state index contributed by atoms with van der Waals surface area (Å²) in [7, 11) is 1.84.